The zero-order valence-electron chi connectivity index (χ0n) is 8.84. The summed E-state index contributed by atoms with van der Waals surface area (Å²) in [4.78, 5) is 11.4. The number of benzene rings is 1. The molecule has 0 aromatic heterocycles. The number of hydrogen-bond donors (Lipinski definition) is 1. The van der Waals surface area contributed by atoms with Gasteiger partial charge in [0.05, 0.1) is 0 Å². The highest BCUT2D eigenvalue weighted by molar-refractivity contribution is 5.94. The molecule has 2 heteroatoms. The smallest absolute Gasteiger partial charge is 0.251 e. The van der Waals surface area contributed by atoms with Gasteiger partial charge in [0.15, 0.2) is 0 Å². The van der Waals surface area contributed by atoms with Gasteiger partial charge in [-0.25, -0.2) is 0 Å². The van der Waals surface area contributed by atoms with Crippen LogP contribution in [0.4, 0.5) is 0 Å². The number of hydrogen-bond acceptors (Lipinski definition) is 1. The Kier molecular flexibility index (Phi) is 4.17. The molecule has 0 spiro atoms. The molecule has 0 aliphatic rings. The Labute approximate surface area is 86.8 Å². The van der Waals surface area contributed by atoms with Crippen LogP contribution in [0.2, 0.25) is 0 Å². The number of carbonyl (C=O) groups is 1. The SMILES string of the molecule is CCCc1ccc(C(=O)NCC)cc1.[HH]. The van der Waals surface area contributed by atoms with E-state index in [0.29, 0.717) is 6.54 Å². The fraction of sp³-hybridized carbons (Fsp3) is 0.417. The number of rotatable bonds is 4. The van der Waals surface area contributed by atoms with E-state index in [0.717, 1.165) is 18.4 Å². The summed E-state index contributed by atoms with van der Waals surface area (Å²) in [7, 11) is 0. The highest BCUT2D eigenvalue weighted by Crippen LogP contribution is 2.06. The Morgan fingerprint density at radius 1 is 1.29 bits per heavy atom. The number of amides is 1. The van der Waals surface area contributed by atoms with E-state index in [4.69, 9.17) is 0 Å². The van der Waals surface area contributed by atoms with E-state index >= 15 is 0 Å². The van der Waals surface area contributed by atoms with Crippen LogP contribution in [0.1, 0.15) is 37.6 Å². The lowest BCUT2D eigenvalue weighted by Gasteiger charge is -2.03. The van der Waals surface area contributed by atoms with E-state index in [2.05, 4.69) is 12.2 Å². The van der Waals surface area contributed by atoms with Crippen LogP contribution < -0.4 is 5.32 Å². The first-order chi connectivity index (χ1) is 6.77. The van der Waals surface area contributed by atoms with E-state index in [-0.39, 0.29) is 7.33 Å². The third kappa shape index (κ3) is 2.87. The van der Waals surface area contributed by atoms with Crippen molar-refractivity contribution in [3.05, 3.63) is 35.4 Å². The molecule has 2 nitrogen and oxygen atoms in total. The molecule has 0 heterocycles. The van der Waals surface area contributed by atoms with Crippen molar-refractivity contribution in [2.75, 3.05) is 6.54 Å². The molecule has 1 rings (SSSR count). The minimum Gasteiger partial charge on any atom is -0.352 e. The Hall–Kier alpha value is -1.31. The van der Waals surface area contributed by atoms with Crippen LogP contribution in [0.5, 0.6) is 0 Å². The van der Waals surface area contributed by atoms with E-state index in [9.17, 15) is 4.79 Å². The largest absolute Gasteiger partial charge is 0.352 e. The van der Waals surface area contributed by atoms with Gasteiger partial charge in [0, 0.05) is 13.5 Å². The zero-order chi connectivity index (χ0) is 10.4. The molecule has 1 aromatic carbocycles. The van der Waals surface area contributed by atoms with Gasteiger partial charge >= 0.3 is 0 Å². The first-order valence-corrected chi connectivity index (χ1v) is 5.15. The summed E-state index contributed by atoms with van der Waals surface area (Å²) >= 11 is 0. The van der Waals surface area contributed by atoms with Crippen molar-refractivity contribution in [2.45, 2.75) is 26.7 Å². The van der Waals surface area contributed by atoms with Gasteiger partial charge in [-0.3, -0.25) is 4.79 Å². The Bertz CT molecular complexity index is 295. The van der Waals surface area contributed by atoms with Crippen LogP contribution in [0.3, 0.4) is 0 Å². The van der Waals surface area contributed by atoms with E-state index in [1.807, 2.05) is 31.2 Å². The molecule has 0 radical (unpaired) electrons. The lowest BCUT2D eigenvalue weighted by molar-refractivity contribution is 0.0956. The molecule has 14 heavy (non-hydrogen) atoms. The molecule has 0 unspecified atom stereocenters. The lowest BCUT2D eigenvalue weighted by Crippen LogP contribution is -2.22. The fourth-order valence-corrected chi connectivity index (χ4v) is 1.37. The molecule has 0 atom stereocenters. The molecule has 1 amide bonds. The van der Waals surface area contributed by atoms with Crippen molar-refractivity contribution in [1.82, 2.24) is 5.32 Å². The summed E-state index contributed by atoms with van der Waals surface area (Å²) in [6, 6.07) is 7.81. The molecular formula is C12H19NO. The van der Waals surface area contributed by atoms with Gasteiger partial charge in [0.25, 0.3) is 5.91 Å². The minimum atomic E-state index is 0. The van der Waals surface area contributed by atoms with Crippen LogP contribution in [0.25, 0.3) is 0 Å². The Morgan fingerprint density at radius 2 is 1.93 bits per heavy atom. The van der Waals surface area contributed by atoms with Crippen molar-refractivity contribution in [1.29, 1.82) is 0 Å². The van der Waals surface area contributed by atoms with Crippen molar-refractivity contribution < 1.29 is 6.22 Å². The molecule has 0 saturated heterocycles. The van der Waals surface area contributed by atoms with Gasteiger partial charge in [-0.2, -0.15) is 0 Å². The molecule has 1 aromatic rings. The maximum absolute atomic E-state index is 11.4. The molecule has 0 aliphatic carbocycles. The van der Waals surface area contributed by atoms with Crippen LogP contribution >= 0.6 is 0 Å². The van der Waals surface area contributed by atoms with Crippen LogP contribution in [0.15, 0.2) is 24.3 Å². The third-order valence-electron chi connectivity index (χ3n) is 2.09. The van der Waals surface area contributed by atoms with Crippen LogP contribution in [-0.2, 0) is 6.42 Å². The zero-order valence-corrected chi connectivity index (χ0v) is 8.84. The van der Waals surface area contributed by atoms with E-state index < -0.39 is 0 Å². The lowest BCUT2D eigenvalue weighted by atomic mass is 10.1. The molecule has 0 aliphatic heterocycles. The summed E-state index contributed by atoms with van der Waals surface area (Å²) in [6.45, 7) is 4.75. The maximum Gasteiger partial charge on any atom is 0.251 e. The number of aryl methyl sites for hydroxylation is 1. The summed E-state index contributed by atoms with van der Waals surface area (Å²) in [5.74, 6) is 0.00977. The van der Waals surface area contributed by atoms with Gasteiger partial charge in [0.2, 0.25) is 0 Å². The first kappa shape index (κ1) is 10.8. The fourth-order valence-electron chi connectivity index (χ4n) is 1.37. The van der Waals surface area contributed by atoms with E-state index in [1.54, 1.807) is 0 Å². The van der Waals surface area contributed by atoms with Crippen molar-refractivity contribution in [2.24, 2.45) is 0 Å². The summed E-state index contributed by atoms with van der Waals surface area (Å²) in [6.07, 6.45) is 2.22. The standard InChI is InChI=1S/C12H17NO.H2/c1-3-5-10-6-8-11(9-7-10)12(14)13-4-2;/h6-9H,3-5H2,1-2H3,(H,13,14);1H. The van der Waals surface area contributed by atoms with Gasteiger partial charge in [0.1, 0.15) is 0 Å². The summed E-state index contributed by atoms with van der Waals surface area (Å²) in [5, 5.41) is 2.77. The Morgan fingerprint density at radius 3 is 2.43 bits per heavy atom. The minimum absolute atomic E-state index is 0. The van der Waals surface area contributed by atoms with Gasteiger partial charge in [-0.15, -0.1) is 0 Å². The van der Waals surface area contributed by atoms with E-state index in [1.165, 1.54) is 5.56 Å². The first-order valence-electron chi connectivity index (χ1n) is 5.15. The summed E-state index contributed by atoms with van der Waals surface area (Å²) < 4.78 is 0. The normalized spacial score (nSPS) is 9.86. The number of carbonyl (C=O) groups excluding carboxylic acids is 1. The molecule has 0 saturated carbocycles. The predicted molar refractivity (Wildman–Crippen MR) is 60.6 cm³/mol. The van der Waals surface area contributed by atoms with Crippen molar-refractivity contribution in [3.8, 4) is 0 Å². The molecular weight excluding hydrogens is 174 g/mol. The molecule has 0 bridgehead atoms. The van der Waals surface area contributed by atoms with Crippen molar-refractivity contribution in [3.63, 3.8) is 0 Å². The maximum atomic E-state index is 11.4. The monoisotopic (exact) mass is 193 g/mol. The predicted octanol–water partition coefficient (Wildman–Crippen LogP) is 2.63. The Balaban J connectivity index is 0.00000196. The van der Waals surface area contributed by atoms with Crippen molar-refractivity contribution >= 4 is 5.91 Å². The topological polar surface area (TPSA) is 29.1 Å². The molecule has 78 valence electrons. The second-order valence-corrected chi connectivity index (χ2v) is 3.31. The highest BCUT2D eigenvalue weighted by Gasteiger charge is 2.02. The molecule has 0 fully saturated rings. The summed E-state index contributed by atoms with van der Waals surface area (Å²) in [5.41, 5.74) is 2.03. The quantitative estimate of drug-likeness (QED) is 0.782. The van der Waals surface area contributed by atoms with Crippen LogP contribution in [-0.4, -0.2) is 12.5 Å². The third-order valence-corrected chi connectivity index (χ3v) is 2.09. The van der Waals surface area contributed by atoms with Crippen LogP contribution in [0, 0.1) is 0 Å². The molecule has 1 N–H and O–H groups in total. The van der Waals surface area contributed by atoms with Gasteiger partial charge in [-0.05, 0) is 31.0 Å². The van der Waals surface area contributed by atoms with Gasteiger partial charge < -0.3 is 5.32 Å². The second kappa shape index (κ2) is 5.43. The second-order valence-electron chi connectivity index (χ2n) is 3.31. The number of nitrogens with one attached hydrogen (secondary N) is 1. The highest BCUT2D eigenvalue weighted by atomic mass is 16.1. The average Bonchev–Trinajstić information content (AvgIpc) is 2.20. The average molecular weight is 193 g/mol. The van der Waals surface area contributed by atoms with Gasteiger partial charge in [-0.1, -0.05) is 25.5 Å².